The van der Waals surface area contributed by atoms with Crippen LogP contribution in [-0.2, 0) is 9.59 Å². The summed E-state index contributed by atoms with van der Waals surface area (Å²) in [4.78, 5) is 26.5. The summed E-state index contributed by atoms with van der Waals surface area (Å²) in [5.41, 5.74) is 0. The number of carboxylic acids is 1. The van der Waals surface area contributed by atoms with Gasteiger partial charge in [0.05, 0.1) is 12.5 Å². The third-order valence-corrected chi connectivity index (χ3v) is 3.33. The normalized spacial score (nSPS) is 21.2. The van der Waals surface area contributed by atoms with E-state index < -0.39 is 5.97 Å². The van der Waals surface area contributed by atoms with Crippen LogP contribution >= 0.6 is 0 Å². The highest BCUT2D eigenvalue weighted by molar-refractivity contribution is 5.78. The van der Waals surface area contributed by atoms with Gasteiger partial charge < -0.3 is 10.0 Å². The van der Waals surface area contributed by atoms with Gasteiger partial charge in [-0.1, -0.05) is 0 Å². The number of amides is 1. The predicted octanol–water partition coefficient (Wildman–Crippen LogP) is 0.651. The first kappa shape index (κ1) is 14.0. The lowest BCUT2D eigenvalue weighted by atomic mass is 9.98. The van der Waals surface area contributed by atoms with E-state index in [2.05, 4.69) is 0 Å². The molecule has 1 atom stereocenters. The smallest absolute Gasteiger partial charge is 0.307 e. The third-order valence-electron chi connectivity index (χ3n) is 3.33. The monoisotopic (exact) mass is 242 g/mol. The summed E-state index contributed by atoms with van der Waals surface area (Å²) >= 11 is 0. The number of rotatable bonds is 5. The molecule has 1 saturated heterocycles. The Balaban J connectivity index is 2.45. The molecular formula is C12H22N2O3. The largest absolute Gasteiger partial charge is 0.481 e. The number of carboxylic acid groups (broad SMARTS) is 1. The van der Waals surface area contributed by atoms with Crippen molar-refractivity contribution in [3.63, 3.8) is 0 Å². The molecule has 1 rings (SSSR count). The molecule has 1 aliphatic heterocycles. The van der Waals surface area contributed by atoms with E-state index in [-0.39, 0.29) is 11.8 Å². The second-order valence-electron chi connectivity index (χ2n) is 4.48. The summed E-state index contributed by atoms with van der Waals surface area (Å²) in [5, 5.41) is 8.97. The molecule has 1 fully saturated rings. The average molecular weight is 242 g/mol. The molecule has 0 bridgehead atoms. The summed E-state index contributed by atoms with van der Waals surface area (Å²) in [5.74, 6) is -0.959. The van der Waals surface area contributed by atoms with Crippen LogP contribution < -0.4 is 0 Å². The lowest BCUT2D eigenvalue weighted by Crippen LogP contribution is -2.45. The van der Waals surface area contributed by atoms with Crippen LogP contribution in [0, 0.1) is 5.92 Å². The van der Waals surface area contributed by atoms with Crippen molar-refractivity contribution in [3.8, 4) is 0 Å². The van der Waals surface area contributed by atoms with Crippen LogP contribution in [0.2, 0.25) is 0 Å². The minimum absolute atomic E-state index is 0.0982. The van der Waals surface area contributed by atoms with Crippen molar-refractivity contribution < 1.29 is 14.7 Å². The minimum atomic E-state index is -0.745. The van der Waals surface area contributed by atoms with E-state index in [4.69, 9.17) is 5.11 Å². The molecule has 1 N–H and O–H groups in total. The standard InChI is InChI=1S/C12H22N2O3/c1-3-14(4-2)11(15)9-13-7-5-6-10(8-13)12(16)17/h10H,3-9H2,1-2H3,(H,16,17)/t10-/m1/s1. The average Bonchev–Trinajstić information content (AvgIpc) is 2.30. The Labute approximate surface area is 102 Å². The second kappa shape index (κ2) is 6.59. The van der Waals surface area contributed by atoms with Crippen LogP contribution in [0.25, 0.3) is 0 Å². The molecule has 0 radical (unpaired) electrons. The van der Waals surface area contributed by atoms with Crippen molar-refractivity contribution in [1.82, 2.24) is 9.80 Å². The van der Waals surface area contributed by atoms with Crippen molar-refractivity contribution in [1.29, 1.82) is 0 Å². The van der Waals surface area contributed by atoms with Gasteiger partial charge >= 0.3 is 5.97 Å². The zero-order valence-corrected chi connectivity index (χ0v) is 10.7. The van der Waals surface area contributed by atoms with E-state index in [1.807, 2.05) is 18.7 Å². The Morgan fingerprint density at radius 2 is 2.00 bits per heavy atom. The highest BCUT2D eigenvalue weighted by Gasteiger charge is 2.26. The number of carbonyl (C=O) groups is 2. The first-order valence-corrected chi connectivity index (χ1v) is 6.31. The van der Waals surface area contributed by atoms with Crippen LogP contribution in [-0.4, -0.2) is 59.5 Å². The SMILES string of the molecule is CCN(CC)C(=O)CN1CCC[C@@H](C(=O)O)C1. The Morgan fingerprint density at radius 1 is 1.35 bits per heavy atom. The van der Waals surface area contributed by atoms with Gasteiger partial charge in [0.1, 0.15) is 0 Å². The number of likely N-dealkylation sites (tertiary alicyclic amines) is 1. The van der Waals surface area contributed by atoms with Gasteiger partial charge in [0.2, 0.25) is 5.91 Å². The van der Waals surface area contributed by atoms with Crippen LogP contribution in [0.15, 0.2) is 0 Å². The van der Waals surface area contributed by atoms with Gasteiger partial charge in [0.15, 0.2) is 0 Å². The molecular weight excluding hydrogens is 220 g/mol. The van der Waals surface area contributed by atoms with E-state index in [9.17, 15) is 9.59 Å². The maximum absolute atomic E-state index is 11.9. The van der Waals surface area contributed by atoms with Crippen molar-refractivity contribution >= 4 is 11.9 Å². The number of likely N-dealkylation sites (N-methyl/N-ethyl adjacent to an activating group) is 1. The van der Waals surface area contributed by atoms with Gasteiger partial charge in [-0.25, -0.2) is 0 Å². The number of nitrogens with zero attached hydrogens (tertiary/aromatic N) is 2. The van der Waals surface area contributed by atoms with Gasteiger partial charge in [-0.2, -0.15) is 0 Å². The molecule has 17 heavy (non-hydrogen) atoms. The molecule has 5 heteroatoms. The van der Waals surface area contributed by atoms with Crippen LogP contribution in [0.4, 0.5) is 0 Å². The summed E-state index contributed by atoms with van der Waals surface area (Å²) in [6.45, 7) is 7.02. The van der Waals surface area contributed by atoms with Gasteiger partial charge in [-0.15, -0.1) is 0 Å². The molecule has 5 nitrogen and oxygen atoms in total. The lowest BCUT2D eigenvalue weighted by molar-refractivity contribution is -0.144. The quantitative estimate of drug-likeness (QED) is 0.769. The summed E-state index contributed by atoms with van der Waals surface area (Å²) in [6.07, 6.45) is 1.59. The Kier molecular flexibility index (Phi) is 5.41. The molecule has 0 aromatic heterocycles. The molecule has 1 amide bonds. The van der Waals surface area contributed by atoms with E-state index in [1.54, 1.807) is 4.90 Å². The molecule has 0 aliphatic carbocycles. The van der Waals surface area contributed by atoms with Gasteiger partial charge in [-0.3, -0.25) is 14.5 Å². The maximum atomic E-state index is 11.9. The fourth-order valence-corrected chi connectivity index (χ4v) is 2.27. The molecule has 0 spiro atoms. The molecule has 1 heterocycles. The molecule has 0 aromatic rings. The molecule has 0 unspecified atom stereocenters. The fraction of sp³-hybridized carbons (Fsp3) is 0.833. The second-order valence-corrected chi connectivity index (χ2v) is 4.48. The number of piperidine rings is 1. The van der Waals surface area contributed by atoms with Crippen LogP contribution in [0.1, 0.15) is 26.7 Å². The summed E-state index contributed by atoms with van der Waals surface area (Å²) in [6, 6.07) is 0. The number of aliphatic carboxylic acids is 1. The van der Waals surface area contributed by atoms with Crippen molar-refractivity contribution in [2.75, 3.05) is 32.7 Å². The minimum Gasteiger partial charge on any atom is -0.481 e. The molecule has 0 aromatic carbocycles. The fourth-order valence-electron chi connectivity index (χ4n) is 2.27. The first-order valence-electron chi connectivity index (χ1n) is 6.31. The predicted molar refractivity (Wildman–Crippen MR) is 64.7 cm³/mol. The third kappa shape index (κ3) is 4.00. The highest BCUT2D eigenvalue weighted by Crippen LogP contribution is 2.16. The van der Waals surface area contributed by atoms with Crippen molar-refractivity contribution in [2.24, 2.45) is 5.92 Å². The zero-order chi connectivity index (χ0) is 12.8. The summed E-state index contributed by atoms with van der Waals surface area (Å²) in [7, 11) is 0. The first-order chi connectivity index (χ1) is 8.08. The highest BCUT2D eigenvalue weighted by atomic mass is 16.4. The number of hydrogen-bond donors (Lipinski definition) is 1. The Morgan fingerprint density at radius 3 is 2.53 bits per heavy atom. The zero-order valence-electron chi connectivity index (χ0n) is 10.7. The van der Waals surface area contributed by atoms with E-state index in [0.717, 1.165) is 19.4 Å². The molecule has 1 aliphatic rings. The van der Waals surface area contributed by atoms with Gasteiger partial charge in [0, 0.05) is 19.6 Å². The maximum Gasteiger partial charge on any atom is 0.307 e. The topological polar surface area (TPSA) is 60.9 Å². The number of hydrogen-bond acceptors (Lipinski definition) is 3. The van der Waals surface area contributed by atoms with E-state index in [0.29, 0.717) is 26.2 Å². The van der Waals surface area contributed by atoms with Gasteiger partial charge in [-0.05, 0) is 33.2 Å². The van der Waals surface area contributed by atoms with Crippen LogP contribution in [0.3, 0.4) is 0 Å². The Hall–Kier alpha value is -1.10. The molecule has 98 valence electrons. The lowest BCUT2D eigenvalue weighted by Gasteiger charge is -2.31. The summed E-state index contributed by atoms with van der Waals surface area (Å²) < 4.78 is 0. The van der Waals surface area contributed by atoms with Crippen LogP contribution in [0.5, 0.6) is 0 Å². The number of carbonyl (C=O) groups excluding carboxylic acids is 1. The van der Waals surface area contributed by atoms with E-state index >= 15 is 0 Å². The Bertz CT molecular complexity index is 277. The molecule has 0 saturated carbocycles. The van der Waals surface area contributed by atoms with Crippen molar-refractivity contribution in [2.45, 2.75) is 26.7 Å². The van der Waals surface area contributed by atoms with E-state index in [1.165, 1.54) is 0 Å². The van der Waals surface area contributed by atoms with Gasteiger partial charge in [0.25, 0.3) is 0 Å². The van der Waals surface area contributed by atoms with Crippen molar-refractivity contribution in [3.05, 3.63) is 0 Å².